The summed E-state index contributed by atoms with van der Waals surface area (Å²) in [5.74, 6) is 1.46. The van der Waals surface area contributed by atoms with Gasteiger partial charge in [-0.3, -0.25) is 9.13 Å². The summed E-state index contributed by atoms with van der Waals surface area (Å²) in [5.41, 5.74) is 7.20. The van der Waals surface area contributed by atoms with Gasteiger partial charge >= 0.3 is 0 Å². The summed E-state index contributed by atoms with van der Waals surface area (Å²) in [7, 11) is 0. The van der Waals surface area contributed by atoms with Gasteiger partial charge in [0.1, 0.15) is 11.5 Å². The van der Waals surface area contributed by atoms with Gasteiger partial charge in [0, 0.05) is 66.9 Å². The Morgan fingerprint density at radius 1 is 0.563 bits per heavy atom. The van der Waals surface area contributed by atoms with Gasteiger partial charge in [0.05, 0.1) is 35.9 Å². The van der Waals surface area contributed by atoms with E-state index < -0.39 is 60.4 Å². The van der Waals surface area contributed by atoms with E-state index in [0.717, 1.165) is 60.8 Å². The topological polar surface area (TPSA) is 53.7 Å². The molecule has 0 saturated heterocycles. The molecule has 344 valence electrons. The molecule has 8 heteroatoms. The van der Waals surface area contributed by atoms with Crippen LogP contribution in [0.15, 0.2) is 212 Å². The number of fused-ring (bicyclic) bond motifs is 7. The Morgan fingerprint density at radius 3 is 2.03 bits per heavy atom. The fourth-order valence-corrected chi connectivity index (χ4v) is 9.52. The molecule has 0 unspecified atom stereocenters. The van der Waals surface area contributed by atoms with Gasteiger partial charge in [-0.05, 0) is 92.8 Å². The zero-order valence-electron chi connectivity index (χ0n) is 48.3. The first-order chi connectivity index (χ1) is 38.5. The van der Waals surface area contributed by atoms with Crippen LogP contribution in [-0.2, 0) is 26.5 Å². The Morgan fingerprint density at radius 2 is 1.25 bits per heavy atom. The number of ether oxygens (including phenoxy) is 1. The molecule has 0 aliphatic heterocycles. The van der Waals surface area contributed by atoms with Gasteiger partial charge < -0.3 is 13.9 Å². The largest absolute Gasteiger partial charge is 0.510 e. The van der Waals surface area contributed by atoms with Crippen LogP contribution in [0.1, 0.15) is 40.0 Å². The molecule has 13 rings (SSSR count). The molecule has 0 aliphatic carbocycles. The molecule has 5 heterocycles. The van der Waals surface area contributed by atoms with Crippen LogP contribution >= 0.6 is 0 Å². The van der Waals surface area contributed by atoms with Crippen molar-refractivity contribution < 1.29 is 44.1 Å². The molecule has 5 aromatic heterocycles. The fraction of sp³-hybridized carbons (Fsp3) is 0.0635. The van der Waals surface area contributed by atoms with Crippen molar-refractivity contribution in [3.05, 3.63) is 236 Å². The van der Waals surface area contributed by atoms with Crippen LogP contribution in [0.2, 0.25) is 0 Å². The number of para-hydroxylation sites is 4. The van der Waals surface area contributed by atoms with E-state index >= 15 is 0 Å². The fourth-order valence-electron chi connectivity index (χ4n) is 9.52. The molecular weight excluding hydrogens is 1050 g/mol. The van der Waals surface area contributed by atoms with Crippen LogP contribution in [0.25, 0.3) is 99.9 Å². The monoisotopic (exact) mass is 1110 g/mol. The van der Waals surface area contributed by atoms with Gasteiger partial charge in [0.2, 0.25) is 0 Å². The smallest absolute Gasteiger partial charge is 0.268 e. The molecule has 0 fully saturated rings. The minimum atomic E-state index is -0.577. The Labute approximate surface area is 439 Å². The molecule has 8 aromatic carbocycles. The van der Waals surface area contributed by atoms with E-state index in [-0.39, 0.29) is 54.4 Å². The third kappa shape index (κ3) is 7.52. The molecule has 0 radical (unpaired) electrons. The van der Waals surface area contributed by atoms with Crippen molar-refractivity contribution >= 4 is 54.8 Å². The second-order valence-corrected chi connectivity index (χ2v) is 18.0. The maximum Gasteiger partial charge on any atom is 0.268 e. The van der Waals surface area contributed by atoms with Crippen molar-refractivity contribution in [1.82, 2.24) is 23.7 Å². The Balaban J connectivity index is 0.00000651. The van der Waals surface area contributed by atoms with Crippen LogP contribution in [0, 0.1) is 18.5 Å². The van der Waals surface area contributed by atoms with Crippen LogP contribution in [0.5, 0.6) is 11.5 Å². The first-order valence-corrected chi connectivity index (χ1v) is 22.8. The standard InChI is InChI=1S/C63H44N6O.Pt/c1-63(2,3)44-34-36-64-60(37-44)69-56-33-30-46(68-55-27-11-10-23-51(55)53-26-16-35-65-62(53)68)39-54(56)52-32-31-48(40-59(52)69)70-47-22-14-21-45(38-47)66-41-67(58-29-13-12-28-57(58)66)61-49(42-17-6-4-7-18-42)24-15-25-50(61)43-19-8-5-9-20-43;/h4-37,39H,1-3H3;/q-2;/i4D,5D,6D,7D,8D,9D,17D,18D,19D,20D;. The summed E-state index contributed by atoms with van der Waals surface area (Å²) < 4.78 is 102. The quantitative estimate of drug-likeness (QED) is 0.113. The van der Waals surface area contributed by atoms with E-state index in [9.17, 15) is 0 Å². The summed E-state index contributed by atoms with van der Waals surface area (Å²) in [6.07, 6.45) is 7.08. The van der Waals surface area contributed by atoms with E-state index in [0.29, 0.717) is 28.2 Å². The molecule has 7 nitrogen and oxygen atoms in total. The van der Waals surface area contributed by atoms with Gasteiger partial charge in [0.15, 0.2) is 0 Å². The average molecular weight is 1110 g/mol. The molecule has 71 heavy (non-hydrogen) atoms. The minimum Gasteiger partial charge on any atom is -0.510 e. The molecule has 0 amide bonds. The average Bonchev–Trinajstić information content (AvgIpc) is 4.34. The van der Waals surface area contributed by atoms with Gasteiger partial charge in [0.25, 0.3) is 6.33 Å². The number of benzene rings is 8. The predicted octanol–water partition coefficient (Wildman–Crippen LogP) is 14.7. The van der Waals surface area contributed by atoms with Gasteiger partial charge in [-0.1, -0.05) is 147 Å². The van der Waals surface area contributed by atoms with Crippen LogP contribution in [0.3, 0.4) is 0 Å². The number of imidazole rings is 1. The molecular formula is C63H44N6OPt-2. The maximum atomic E-state index is 9.06. The number of rotatable bonds is 8. The van der Waals surface area contributed by atoms with E-state index in [2.05, 4.69) is 90.8 Å². The van der Waals surface area contributed by atoms with Crippen molar-refractivity contribution in [2.75, 3.05) is 0 Å². The Hall–Kier alpha value is -8.38. The van der Waals surface area contributed by atoms with Crippen molar-refractivity contribution in [2.45, 2.75) is 26.2 Å². The van der Waals surface area contributed by atoms with E-state index in [4.69, 9.17) is 28.4 Å². The first-order valence-electron chi connectivity index (χ1n) is 27.8. The van der Waals surface area contributed by atoms with Crippen LogP contribution < -0.4 is 9.30 Å². The van der Waals surface area contributed by atoms with Crippen molar-refractivity contribution in [2.24, 2.45) is 0 Å². The molecule has 0 spiro atoms. The summed E-state index contributed by atoms with van der Waals surface area (Å²) in [6, 6.07) is 46.0. The van der Waals surface area contributed by atoms with Crippen LogP contribution in [-0.4, -0.2) is 23.7 Å². The zero-order valence-corrected chi connectivity index (χ0v) is 40.6. The van der Waals surface area contributed by atoms with E-state index in [1.807, 2.05) is 79.1 Å². The zero-order chi connectivity index (χ0) is 55.6. The number of nitrogens with zero attached hydrogens (tertiary/aromatic N) is 6. The van der Waals surface area contributed by atoms with Crippen molar-refractivity contribution in [1.29, 1.82) is 0 Å². The molecule has 0 bridgehead atoms. The number of hydrogen-bond acceptors (Lipinski definition) is 3. The molecule has 13 aromatic rings. The van der Waals surface area contributed by atoms with Gasteiger partial charge in [-0.25, -0.2) is 9.97 Å². The normalized spacial score (nSPS) is 13.7. The number of aromatic nitrogens is 6. The summed E-state index contributed by atoms with van der Waals surface area (Å²) in [6.45, 7) is 6.52. The van der Waals surface area contributed by atoms with Gasteiger partial charge in [-0.15, -0.1) is 29.7 Å². The Bertz CT molecular complexity index is 4580. The number of pyridine rings is 2. The number of hydrogen-bond donors (Lipinski definition) is 0. The van der Waals surface area contributed by atoms with E-state index in [1.165, 1.54) is 0 Å². The molecule has 0 atom stereocenters. The molecule has 0 N–H and O–H groups in total. The maximum absolute atomic E-state index is 9.06. The third-order valence-electron chi connectivity index (χ3n) is 12.7. The second kappa shape index (κ2) is 17.5. The molecule has 0 aliphatic rings. The predicted molar refractivity (Wildman–Crippen MR) is 282 cm³/mol. The van der Waals surface area contributed by atoms with Crippen LogP contribution in [0.4, 0.5) is 0 Å². The minimum absolute atomic E-state index is 0. The Kier molecular flexibility index (Phi) is 8.40. The third-order valence-corrected chi connectivity index (χ3v) is 12.7. The molecule has 0 saturated carbocycles. The first kappa shape index (κ1) is 34.0. The second-order valence-electron chi connectivity index (χ2n) is 18.0. The summed E-state index contributed by atoms with van der Waals surface area (Å²) in [5, 5.41) is 4.07. The SMILES string of the molecule is [2H]c1c([2H])c([2H])c(-c2cccc(-c3c([2H])c([2H])c([2H])c([2H])c3[2H])c2-[n+]2[c-]n(-c3[c-]c(Oc4[c-]c5c(cc4)c4cc(-n6c7ccccc7c7cccnc76)ccc4n5-c4cc(C(C)(C)C)ccn4)ccc3)c3ccccc32)c([2H])c1[2H].[Pt]. The summed E-state index contributed by atoms with van der Waals surface area (Å²) in [4.78, 5) is 9.77. The summed E-state index contributed by atoms with van der Waals surface area (Å²) >= 11 is 0. The van der Waals surface area contributed by atoms with Gasteiger partial charge in [-0.2, -0.15) is 18.2 Å². The van der Waals surface area contributed by atoms with Crippen molar-refractivity contribution in [3.8, 4) is 56.6 Å². The van der Waals surface area contributed by atoms with E-state index in [1.54, 1.807) is 39.5 Å². The van der Waals surface area contributed by atoms with Crippen molar-refractivity contribution in [3.63, 3.8) is 0 Å².